The number of hydrogen-bond donors (Lipinski definition) is 1. The van der Waals surface area contributed by atoms with E-state index in [4.69, 9.17) is 46.4 Å². The summed E-state index contributed by atoms with van der Waals surface area (Å²) in [6.45, 7) is 4.80. The van der Waals surface area contributed by atoms with E-state index in [0.29, 0.717) is 38.8 Å². The number of halogens is 4. The topological polar surface area (TPSA) is 49.4 Å². The Morgan fingerprint density at radius 2 is 1.70 bits per heavy atom. The second-order valence-corrected chi connectivity index (χ2v) is 10.1. The number of rotatable bonds is 12. The second-order valence-electron chi connectivity index (χ2n) is 7.53. The summed E-state index contributed by atoms with van der Waals surface area (Å²) in [5.74, 6) is 0.372. The summed E-state index contributed by atoms with van der Waals surface area (Å²) in [5.41, 5.74) is 1.59. The standard InChI is InChI=1S/C24H28Cl4N2O2S/c1-3-5-11-29-24(32)22(4-2)30(13-16-9-10-20(27)21(28)12-16)23(31)15-33-14-17-18(25)7-6-8-19(17)26/h6-10,12,22H,3-5,11,13-15H2,1-2H3,(H,29,32)/t22-/m1/s1. The van der Waals surface area contributed by atoms with E-state index < -0.39 is 6.04 Å². The zero-order valence-corrected chi connectivity index (χ0v) is 22.5. The predicted molar refractivity (Wildman–Crippen MR) is 142 cm³/mol. The van der Waals surface area contributed by atoms with Gasteiger partial charge in [0, 0.05) is 28.9 Å². The summed E-state index contributed by atoms with van der Waals surface area (Å²) in [6.07, 6.45) is 2.35. The number of unbranched alkanes of at least 4 members (excludes halogenated alkanes) is 1. The molecule has 0 aliphatic heterocycles. The average Bonchev–Trinajstić information content (AvgIpc) is 2.78. The van der Waals surface area contributed by atoms with E-state index in [1.807, 2.05) is 13.0 Å². The quantitative estimate of drug-likeness (QED) is 0.283. The van der Waals surface area contributed by atoms with Crippen molar-refractivity contribution in [2.24, 2.45) is 0 Å². The first kappa shape index (κ1) is 28.1. The number of nitrogens with one attached hydrogen (secondary N) is 1. The fourth-order valence-electron chi connectivity index (χ4n) is 3.25. The zero-order valence-electron chi connectivity index (χ0n) is 18.7. The third kappa shape index (κ3) is 8.56. The Balaban J connectivity index is 2.17. The number of hydrogen-bond acceptors (Lipinski definition) is 3. The van der Waals surface area contributed by atoms with Crippen molar-refractivity contribution in [3.8, 4) is 0 Å². The van der Waals surface area contributed by atoms with Gasteiger partial charge in [-0.3, -0.25) is 9.59 Å². The molecule has 9 heteroatoms. The number of carbonyl (C=O) groups excluding carboxylic acids is 2. The number of nitrogens with zero attached hydrogens (tertiary/aromatic N) is 1. The molecule has 4 nitrogen and oxygen atoms in total. The molecule has 2 amide bonds. The van der Waals surface area contributed by atoms with Gasteiger partial charge in [0.2, 0.25) is 11.8 Å². The molecular weight excluding hydrogens is 522 g/mol. The van der Waals surface area contributed by atoms with Gasteiger partial charge in [-0.15, -0.1) is 11.8 Å². The molecule has 0 radical (unpaired) electrons. The molecule has 2 aromatic carbocycles. The van der Waals surface area contributed by atoms with Crippen LogP contribution in [-0.4, -0.2) is 35.1 Å². The molecule has 180 valence electrons. The molecule has 33 heavy (non-hydrogen) atoms. The molecular formula is C24H28Cl4N2O2S. The van der Waals surface area contributed by atoms with Gasteiger partial charge in [0.25, 0.3) is 0 Å². The van der Waals surface area contributed by atoms with Crippen LogP contribution in [0.1, 0.15) is 44.2 Å². The number of amides is 2. The molecule has 2 rings (SSSR count). The predicted octanol–water partition coefficient (Wildman–Crippen LogP) is 7.26. The van der Waals surface area contributed by atoms with Gasteiger partial charge in [-0.2, -0.15) is 0 Å². The van der Waals surface area contributed by atoms with Gasteiger partial charge in [-0.25, -0.2) is 0 Å². The molecule has 0 bridgehead atoms. The van der Waals surface area contributed by atoms with Crippen LogP contribution in [0.3, 0.4) is 0 Å². The van der Waals surface area contributed by atoms with Crippen LogP contribution in [0.15, 0.2) is 36.4 Å². The highest BCUT2D eigenvalue weighted by atomic mass is 35.5. The Hall–Kier alpha value is -1.11. The molecule has 1 N–H and O–H groups in total. The van der Waals surface area contributed by atoms with Crippen LogP contribution in [0.4, 0.5) is 0 Å². The third-order valence-electron chi connectivity index (χ3n) is 5.09. The molecule has 0 fully saturated rings. The van der Waals surface area contributed by atoms with E-state index >= 15 is 0 Å². The minimum absolute atomic E-state index is 0.147. The summed E-state index contributed by atoms with van der Waals surface area (Å²) in [4.78, 5) is 27.8. The lowest BCUT2D eigenvalue weighted by Crippen LogP contribution is -2.49. The SMILES string of the molecule is CCCCNC(=O)[C@@H](CC)N(Cc1ccc(Cl)c(Cl)c1)C(=O)CSCc1c(Cl)cccc1Cl. The summed E-state index contributed by atoms with van der Waals surface area (Å²) in [5, 5.41) is 4.93. The highest BCUT2D eigenvalue weighted by Gasteiger charge is 2.28. The van der Waals surface area contributed by atoms with Crippen LogP contribution < -0.4 is 5.32 Å². The summed E-state index contributed by atoms with van der Waals surface area (Å²) in [7, 11) is 0. The minimum atomic E-state index is -0.590. The molecule has 1 atom stereocenters. The molecule has 0 aromatic heterocycles. The Bertz CT molecular complexity index is 938. The van der Waals surface area contributed by atoms with Crippen LogP contribution in [0.5, 0.6) is 0 Å². The van der Waals surface area contributed by atoms with Gasteiger partial charge < -0.3 is 10.2 Å². The van der Waals surface area contributed by atoms with Crippen molar-refractivity contribution in [1.82, 2.24) is 10.2 Å². The molecule has 2 aromatic rings. The minimum Gasteiger partial charge on any atom is -0.354 e. The lowest BCUT2D eigenvalue weighted by molar-refractivity contribution is -0.139. The highest BCUT2D eigenvalue weighted by molar-refractivity contribution is 7.99. The Kier molecular flexibility index (Phi) is 12.2. The molecule has 0 spiro atoms. The van der Waals surface area contributed by atoms with Crippen LogP contribution in [-0.2, 0) is 21.9 Å². The van der Waals surface area contributed by atoms with Crippen molar-refractivity contribution in [2.75, 3.05) is 12.3 Å². The van der Waals surface area contributed by atoms with Crippen molar-refractivity contribution in [3.05, 3.63) is 67.6 Å². The molecule has 0 heterocycles. The van der Waals surface area contributed by atoms with Crippen LogP contribution in [0, 0.1) is 0 Å². The van der Waals surface area contributed by atoms with Gasteiger partial charge in [0.1, 0.15) is 6.04 Å². The summed E-state index contributed by atoms with van der Waals surface area (Å²) in [6, 6.07) is 9.97. The normalized spacial score (nSPS) is 11.8. The van der Waals surface area contributed by atoms with Gasteiger partial charge >= 0.3 is 0 Å². The van der Waals surface area contributed by atoms with E-state index in [0.717, 1.165) is 24.0 Å². The monoisotopic (exact) mass is 548 g/mol. The van der Waals surface area contributed by atoms with Crippen molar-refractivity contribution >= 4 is 70.0 Å². The van der Waals surface area contributed by atoms with Gasteiger partial charge in [0.05, 0.1) is 15.8 Å². The summed E-state index contributed by atoms with van der Waals surface area (Å²) >= 11 is 26.1. The van der Waals surface area contributed by atoms with Gasteiger partial charge in [-0.05, 0) is 48.2 Å². The number of benzene rings is 2. The zero-order chi connectivity index (χ0) is 24.4. The fourth-order valence-corrected chi connectivity index (χ4v) is 5.22. The van der Waals surface area contributed by atoms with Crippen molar-refractivity contribution in [1.29, 1.82) is 0 Å². The van der Waals surface area contributed by atoms with E-state index in [1.54, 1.807) is 35.2 Å². The molecule has 0 unspecified atom stereocenters. The smallest absolute Gasteiger partial charge is 0.242 e. The Morgan fingerprint density at radius 3 is 2.30 bits per heavy atom. The Morgan fingerprint density at radius 1 is 1.00 bits per heavy atom. The average molecular weight is 550 g/mol. The maximum Gasteiger partial charge on any atom is 0.242 e. The van der Waals surface area contributed by atoms with Crippen LogP contribution >= 0.6 is 58.2 Å². The molecule has 0 saturated heterocycles. The van der Waals surface area contributed by atoms with Crippen LogP contribution in [0.2, 0.25) is 20.1 Å². The fraction of sp³-hybridized carbons (Fsp3) is 0.417. The maximum absolute atomic E-state index is 13.3. The first-order chi connectivity index (χ1) is 15.8. The lowest BCUT2D eigenvalue weighted by atomic mass is 10.1. The van der Waals surface area contributed by atoms with Crippen molar-refractivity contribution in [2.45, 2.75) is 51.4 Å². The first-order valence-electron chi connectivity index (χ1n) is 10.8. The number of thioether (sulfide) groups is 1. The number of carbonyl (C=O) groups is 2. The van der Waals surface area contributed by atoms with E-state index in [-0.39, 0.29) is 24.1 Å². The highest BCUT2D eigenvalue weighted by Crippen LogP contribution is 2.29. The lowest BCUT2D eigenvalue weighted by Gasteiger charge is -2.30. The van der Waals surface area contributed by atoms with E-state index in [2.05, 4.69) is 12.2 Å². The maximum atomic E-state index is 13.3. The van der Waals surface area contributed by atoms with E-state index in [9.17, 15) is 9.59 Å². The first-order valence-corrected chi connectivity index (χ1v) is 13.5. The van der Waals surface area contributed by atoms with Crippen LogP contribution in [0.25, 0.3) is 0 Å². The van der Waals surface area contributed by atoms with Gasteiger partial charge in [0.15, 0.2) is 0 Å². The van der Waals surface area contributed by atoms with E-state index in [1.165, 1.54) is 11.8 Å². The third-order valence-corrected chi connectivity index (χ3v) is 7.48. The van der Waals surface area contributed by atoms with Crippen molar-refractivity contribution in [3.63, 3.8) is 0 Å². The molecule has 0 aliphatic carbocycles. The molecule has 0 aliphatic rings. The largest absolute Gasteiger partial charge is 0.354 e. The van der Waals surface area contributed by atoms with Gasteiger partial charge in [-0.1, -0.05) is 78.8 Å². The summed E-state index contributed by atoms with van der Waals surface area (Å²) < 4.78 is 0. The second kappa shape index (κ2) is 14.3. The van der Waals surface area contributed by atoms with Crippen molar-refractivity contribution < 1.29 is 9.59 Å². The Labute approximate surface area is 220 Å². The molecule has 0 saturated carbocycles.